The highest BCUT2D eigenvalue weighted by Gasteiger charge is 2.03. The van der Waals surface area contributed by atoms with Crippen molar-refractivity contribution in [2.24, 2.45) is 0 Å². The second-order valence-electron chi connectivity index (χ2n) is 4.24. The van der Waals surface area contributed by atoms with Gasteiger partial charge in [-0.05, 0) is 34.9 Å². The maximum Gasteiger partial charge on any atom is 0.216 e. The summed E-state index contributed by atoms with van der Waals surface area (Å²) in [4.78, 5) is 10.9. The highest BCUT2D eigenvalue weighted by molar-refractivity contribution is 14.0. The molecule has 22 heavy (non-hydrogen) atoms. The molecule has 0 atom stereocenters. The number of amides is 1. The van der Waals surface area contributed by atoms with E-state index in [-0.39, 0.29) is 46.3 Å². The van der Waals surface area contributed by atoms with Gasteiger partial charge in [-0.2, -0.15) is 0 Å². The smallest absolute Gasteiger partial charge is 0.216 e. The van der Waals surface area contributed by atoms with Gasteiger partial charge >= 0.3 is 0 Å². The van der Waals surface area contributed by atoms with Crippen LogP contribution in [0.3, 0.4) is 0 Å². The average Bonchev–Trinajstić information content (AvgIpc) is 2.38. The van der Waals surface area contributed by atoms with Crippen LogP contribution in [-0.4, -0.2) is 36.0 Å². The van der Waals surface area contributed by atoms with Crippen LogP contribution in [0.5, 0.6) is 5.75 Å². The molecular formula is C15H24INO5. The lowest BCUT2D eigenvalue weighted by atomic mass is 10.0. The summed E-state index contributed by atoms with van der Waals surface area (Å²) in [6.45, 7) is 2.19. The molecule has 0 heterocycles. The second-order valence-corrected chi connectivity index (χ2v) is 4.24. The van der Waals surface area contributed by atoms with Gasteiger partial charge in [-0.1, -0.05) is 24.3 Å². The molecule has 0 aliphatic heterocycles. The molecule has 2 aromatic rings. The highest BCUT2D eigenvalue weighted by Crippen LogP contribution is 2.24. The van der Waals surface area contributed by atoms with E-state index in [1.807, 2.05) is 18.2 Å². The zero-order valence-corrected chi connectivity index (χ0v) is 14.9. The number of benzene rings is 2. The van der Waals surface area contributed by atoms with E-state index < -0.39 is 0 Å². The standard InChI is InChI=1S/C15H17NO2.HI.3H2O/c1-11(17)16-9-8-13-5-3-4-12-6-7-14(18-2)10-15(12)13;;;;/h3-7,10H,8-9H2,1-2H3,(H,16,17);1H;3*1H2. The molecule has 0 spiro atoms. The molecule has 7 N–H and O–H groups in total. The third kappa shape index (κ3) is 6.56. The van der Waals surface area contributed by atoms with E-state index in [0.717, 1.165) is 12.2 Å². The van der Waals surface area contributed by atoms with Crippen molar-refractivity contribution in [1.29, 1.82) is 0 Å². The predicted molar refractivity (Wildman–Crippen MR) is 99.1 cm³/mol. The van der Waals surface area contributed by atoms with Crippen LogP contribution in [0, 0.1) is 0 Å². The SMILES string of the molecule is COc1ccc2cccc(CCNC(C)=O)c2c1.I.O.O.O. The number of halogens is 1. The number of methoxy groups -OCH3 is 1. The van der Waals surface area contributed by atoms with Crippen LogP contribution in [0.1, 0.15) is 12.5 Å². The van der Waals surface area contributed by atoms with Gasteiger partial charge in [0.15, 0.2) is 0 Å². The van der Waals surface area contributed by atoms with Crippen molar-refractivity contribution in [3.8, 4) is 5.75 Å². The summed E-state index contributed by atoms with van der Waals surface area (Å²) in [7, 11) is 1.67. The number of nitrogens with one attached hydrogen (secondary N) is 1. The summed E-state index contributed by atoms with van der Waals surface area (Å²) < 4.78 is 5.25. The number of fused-ring (bicyclic) bond motifs is 1. The number of carbonyl (C=O) groups is 1. The van der Waals surface area contributed by atoms with E-state index in [1.165, 1.54) is 23.3 Å². The summed E-state index contributed by atoms with van der Waals surface area (Å²) in [6.07, 6.45) is 0.823. The van der Waals surface area contributed by atoms with E-state index in [4.69, 9.17) is 4.74 Å². The van der Waals surface area contributed by atoms with Crippen molar-refractivity contribution in [2.45, 2.75) is 13.3 Å². The fraction of sp³-hybridized carbons (Fsp3) is 0.267. The summed E-state index contributed by atoms with van der Waals surface area (Å²) in [6, 6.07) is 12.3. The van der Waals surface area contributed by atoms with Crippen LogP contribution in [0.15, 0.2) is 36.4 Å². The van der Waals surface area contributed by atoms with Gasteiger partial charge in [-0.3, -0.25) is 4.79 Å². The van der Waals surface area contributed by atoms with E-state index in [0.29, 0.717) is 6.54 Å². The van der Waals surface area contributed by atoms with Crippen molar-refractivity contribution in [1.82, 2.24) is 5.32 Å². The summed E-state index contributed by atoms with van der Waals surface area (Å²) in [5, 5.41) is 5.19. The first-order chi connectivity index (χ1) is 8.70. The Bertz CT molecular complexity index is 577. The largest absolute Gasteiger partial charge is 0.497 e. The fourth-order valence-electron chi connectivity index (χ4n) is 2.03. The van der Waals surface area contributed by atoms with Crippen molar-refractivity contribution < 1.29 is 26.0 Å². The minimum Gasteiger partial charge on any atom is -0.497 e. The van der Waals surface area contributed by atoms with Crippen LogP contribution in [0.25, 0.3) is 10.8 Å². The Morgan fingerprint density at radius 3 is 2.41 bits per heavy atom. The molecule has 0 bridgehead atoms. The molecule has 0 aliphatic carbocycles. The average molecular weight is 425 g/mol. The van der Waals surface area contributed by atoms with Gasteiger partial charge in [0, 0.05) is 13.5 Å². The number of hydrogen-bond donors (Lipinski definition) is 1. The van der Waals surface area contributed by atoms with Gasteiger partial charge in [-0.15, -0.1) is 24.0 Å². The molecule has 2 aromatic carbocycles. The number of hydrogen-bond acceptors (Lipinski definition) is 2. The molecule has 126 valence electrons. The van der Waals surface area contributed by atoms with Gasteiger partial charge in [0.1, 0.15) is 5.75 Å². The van der Waals surface area contributed by atoms with Crippen molar-refractivity contribution >= 4 is 40.7 Å². The lowest BCUT2D eigenvalue weighted by molar-refractivity contribution is -0.118. The molecule has 7 heteroatoms. The van der Waals surface area contributed by atoms with Crippen molar-refractivity contribution in [3.63, 3.8) is 0 Å². The molecule has 0 aliphatic rings. The Labute approximate surface area is 146 Å². The minimum absolute atomic E-state index is 0. The molecule has 0 saturated heterocycles. The van der Waals surface area contributed by atoms with E-state index in [1.54, 1.807) is 7.11 Å². The van der Waals surface area contributed by atoms with E-state index >= 15 is 0 Å². The normalized spacial score (nSPS) is 8.45. The Hall–Kier alpha value is -1.42. The maximum absolute atomic E-state index is 10.9. The number of rotatable bonds is 4. The summed E-state index contributed by atoms with van der Waals surface area (Å²) in [5.74, 6) is 0.863. The molecule has 0 fully saturated rings. The third-order valence-electron chi connectivity index (χ3n) is 2.95. The Morgan fingerprint density at radius 1 is 1.14 bits per heavy atom. The van der Waals surface area contributed by atoms with Crippen LogP contribution < -0.4 is 10.1 Å². The zero-order valence-electron chi connectivity index (χ0n) is 12.6. The lowest BCUT2D eigenvalue weighted by Crippen LogP contribution is -2.22. The maximum atomic E-state index is 10.9. The zero-order chi connectivity index (χ0) is 13.0. The molecule has 0 radical (unpaired) electrons. The Balaban J connectivity index is -0.000000902. The monoisotopic (exact) mass is 425 g/mol. The van der Waals surface area contributed by atoms with Crippen LogP contribution in [0.4, 0.5) is 0 Å². The number of carbonyl (C=O) groups excluding carboxylic acids is 1. The number of ether oxygens (including phenoxy) is 1. The Morgan fingerprint density at radius 2 is 1.82 bits per heavy atom. The quantitative estimate of drug-likeness (QED) is 0.722. The molecule has 2 rings (SSSR count). The summed E-state index contributed by atoms with van der Waals surface area (Å²) in [5.41, 5.74) is 1.22. The second kappa shape index (κ2) is 12.2. The van der Waals surface area contributed by atoms with Crippen LogP contribution >= 0.6 is 24.0 Å². The molecule has 1 amide bonds. The highest BCUT2D eigenvalue weighted by atomic mass is 127. The van der Waals surface area contributed by atoms with Crippen molar-refractivity contribution in [2.75, 3.05) is 13.7 Å². The van der Waals surface area contributed by atoms with Gasteiger partial charge in [0.05, 0.1) is 7.11 Å². The summed E-state index contributed by atoms with van der Waals surface area (Å²) >= 11 is 0. The van der Waals surface area contributed by atoms with Crippen LogP contribution in [0.2, 0.25) is 0 Å². The predicted octanol–water partition coefficient (Wildman–Crippen LogP) is 0.671. The first-order valence-electron chi connectivity index (χ1n) is 6.01. The first-order valence-corrected chi connectivity index (χ1v) is 6.01. The fourth-order valence-corrected chi connectivity index (χ4v) is 2.03. The van der Waals surface area contributed by atoms with Gasteiger partial charge < -0.3 is 26.5 Å². The molecular weight excluding hydrogens is 401 g/mol. The van der Waals surface area contributed by atoms with Gasteiger partial charge in [0.25, 0.3) is 0 Å². The third-order valence-corrected chi connectivity index (χ3v) is 2.95. The molecule has 0 unspecified atom stereocenters. The Kier molecular flexibility index (Phi) is 14.1. The molecule has 6 nitrogen and oxygen atoms in total. The van der Waals surface area contributed by atoms with E-state index in [9.17, 15) is 4.79 Å². The molecule has 0 aromatic heterocycles. The molecule has 0 saturated carbocycles. The van der Waals surface area contributed by atoms with Gasteiger partial charge in [-0.25, -0.2) is 0 Å². The van der Waals surface area contributed by atoms with Crippen molar-refractivity contribution in [3.05, 3.63) is 42.0 Å². The minimum atomic E-state index is 0. The van der Waals surface area contributed by atoms with Gasteiger partial charge in [0.2, 0.25) is 5.91 Å². The van der Waals surface area contributed by atoms with E-state index in [2.05, 4.69) is 23.5 Å². The topological polar surface area (TPSA) is 133 Å². The van der Waals surface area contributed by atoms with Crippen LogP contribution in [-0.2, 0) is 11.2 Å². The lowest BCUT2D eigenvalue weighted by Gasteiger charge is -2.08. The first kappa shape index (κ1) is 25.5.